The quantitative estimate of drug-likeness (QED) is 0.331. The third kappa shape index (κ3) is 7.07. The predicted octanol–water partition coefficient (Wildman–Crippen LogP) is 4.75. The summed E-state index contributed by atoms with van der Waals surface area (Å²) in [4.78, 5) is 42.4. The molecule has 4 rings (SSSR count). The molecule has 0 radical (unpaired) electrons. The Bertz CT molecular complexity index is 1410. The molecule has 0 aromatic heterocycles. The number of likely N-dealkylation sites (N-methyl/N-ethyl adjacent to an activating group) is 1. The van der Waals surface area contributed by atoms with E-state index in [1.165, 1.54) is 0 Å². The first-order valence-electron chi connectivity index (χ1n) is 13.9. The maximum Gasteiger partial charge on any atom is 0.323 e. The zero-order chi connectivity index (χ0) is 29.7. The molecule has 10 nitrogen and oxygen atoms in total. The van der Waals surface area contributed by atoms with Crippen LogP contribution in [0.1, 0.15) is 38.1 Å². The van der Waals surface area contributed by atoms with Crippen molar-refractivity contribution < 1.29 is 24.2 Å². The Kier molecular flexibility index (Phi) is 9.34. The van der Waals surface area contributed by atoms with E-state index in [-0.39, 0.29) is 36.1 Å². The molecule has 0 fully saturated rings. The van der Waals surface area contributed by atoms with E-state index >= 15 is 0 Å². The van der Waals surface area contributed by atoms with Gasteiger partial charge in [0.1, 0.15) is 11.9 Å². The molecule has 10 heteroatoms. The lowest BCUT2D eigenvalue weighted by Gasteiger charge is -2.38. The Morgan fingerprint density at radius 3 is 2.54 bits per heavy atom. The number of aliphatic hydroxyl groups is 1. The van der Waals surface area contributed by atoms with Gasteiger partial charge in [0.15, 0.2) is 0 Å². The molecule has 1 aliphatic heterocycles. The summed E-state index contributed by atoms with van der Waals surface area (Å²) in [6.45, 7) is 7.94. The number of nitrogens with one attached hydrogen (secondary N) is 3. The van der Waals surface area contributed by atoms with Crippen molar-refractivity contribution in [3.05, 3.63) is 66.2 Å². The number of amides is 5. The number of aliphatic hydroxyl groups excluding tert-OH is 1. The normalized spacial score (nSPS) is 17.6. The molecular formula is C31H39N5O5. The van der Waals surface area contributed by atoms with E-state index in [4.69, 9.17) is 4.74 Å². The van der Waals surface area contributed by atoms with Gasteiger partial charge < -0.3 is 35.6 Å². The van der Waals surface area contributed by atoms with Crippen molar-refractivity contribution in [3.63, 3.8) is 0 Å². The lowest BCUT2D eigenvalue weighted by Crippen LogP contribution is -2.51. The average Bonchev–Trinajstić information content (AvgIpc) is 2.94. The molecule has 5 amide bonds. The number of nitrogens with zero attached hydrogens (tertiary/aromatic N) is 2. The smallest absolute Gasteiger partial charge is 0.323 e. The Hall–Kier alpha value is -4.31. The first-order valence-corrected chi connectivity index (χ1v) is 13.9. The number of hydrogen-bond acceptors (Lipinski definition) is 5. The van der Waals surface area contributed by atoms with Gasteiger partial charge in [0.05, 0.1) is 30.4 Å². The lowest BCUT2D eigenvalue weighted by molar-refractivity contribution is 0.0366. The molecule has 0 saturated heterocycles. The molecule has 1 aliphatic rings. The van der Waals surface area contributed by atoms with Gasteiger partial charge in [-0.15, -0.1) is 0 Å². The Morgan fingerprint density at radius 1 is 1.07 bits per heavy atom. The van der Waals surface area contributed by atoms with Crippen LogP contribution in [-0.2, 0) is 0 Å². The van der Waals surface area contributed by atoms with Crippen LogP contribution >= 0.6 is 0 Å². The van der Waals surface area contributed by atoms with Crippen LogP contribution in [0.3, 0.4) is 0 Å². The Labute approximate surface area is 240 Å². The molecule has 0 spiro atoms. The van der Waals surface area contributed by atoms with E-state index in [1.54, 1.807) is 42.0 Å². The Morgan fingerprint density at radius 2 is 1.80 bits per heavy atom. The van der Waals surface area contributed by atoms with Crippen LogP contribution in [0.5, 0.6) is 5.75 Å². The fourth-order valence-electron chi connectivity index (χ4n) is 4.85. The van der Waals surface area contributed by atoms with E-state index in [0.717, 1.165) is 10.8 Å². The van der Waals surface area contributed by atoms with E-state index in [0.29, 0.717) is 30.2 Å². The standard InChI is InChI=1S/C31H39N5O5/c1-19(2)32-31(40)35(5)17-28-20(3)16-36(21(4)18-37)29(38)25-15-23(13-14-27(25)41-28)33-30(39)34-26-12-8-10-22-9-6-7-11-24(22)26/h6-15,19-21,28,37H,16-18H2,1-5H3,(H,32,40)(H2,33,34,39)/t20-,21+,28+/m1/s1. The molecule has 0 saturated carbocycles. The van der Waals surface area contributed by atoms with Crippen molar-refractivity contribution in [1.82, 2.24) is 15.1 Å². The lowest BCUT2D eigenvalue weighted by atomic mass is 9.99. The molecule has 3 atom stereocenters. The van der Waals surface area contributed by atoms with Gasteiger partial charge in [0, 0.05) is 36.6 Å². The summed E-state index contributed by atoms with van der Waals surface area (Å²) in [6, 6.07) is 17.2. The van der Waals surface area contributed by atoms with Crippen LogP contribution < -0.4 is 20.7 Å². The number of fused-ring (bicyclic) bond motifs is 2. The maximum atomic E-state index is 13.7. The van der Waals surface area contributed by atoms with Crippen molar-refractivity contribution in [2.75, 3.05) is 37.4 Å². The zero-order valence-corrected chi connectivity index (χ0v) is 24.2. The van der Waals surface area contributed by atoms with Crippen molar-refractivity contribution in [2.24, 2.45) is 5.92 Å². The average molecular weight is 562 g/mol. The number of anilines is 2. The van der Waals surface area contributed by atoms with E-state index < -0.39 is 18.2 Å². The maximum absolute atomic E-state index is 13.7. The molecule has 0 bridgehead atoms. The summed E-state index contributed by atoms with van der Waals surface area (Å²) in [5.41, 5.74) is 1.34. The topological polar surface area (TPSA) is 123 Å². The summed E-state index contributed by atoms with van der Waals surface area (Å²) >= 11 is 0. The fourth-order valence-corrected chi connectivity index (χ4v) is 4.85. The molecule has 3 aromatic rings. The molecule has 1 heterocycles. The highest BCUT2D eigenvalue weighted by molar-refractivity contribution is 6.07. The number of carbonyl (C=O) groups excluding carboxylic acids is 3. The molecule has 0 aliphatic carbocycles. The largest absolute Gasteiger partial charge is 0.487 e. The van der Waals surface area contributed by atoms with E-state index in [9.17, 15) is 19.5 Å². The summed E-state index contributed by atoms with van der Waals surface area (Å²) in [6.07, 6.45) is -0.424. The molecule has 41 heavy (non-hydrogen) atoms. The van der Waals surface area contributed by atoms with Gasteiger partial charge in [-0.1, -0.05) is 43.3 Å². The number of hydrogen-bond donors (Lipinski definition) is 4. The molecular weight excluding hydrogens is 522 g/mol. The number of ether oxygens (including phenoxy) is 1. The SMILES string of the molecule is CC(C)NC(=O)N(C)C[C@@H]1Oc2ccc(NC(=O)Nc3cccc4ccccc34)cc2C(=O)N([C@@H](C)CO)C[C@H]1C. The minimum Gasteiger partial charge on any atom is -0.487 e. The number of urea groups is 2. The van der Waals surface area contributed by atoms with Gasteiger partial charge in [0.2, 0.25) is 0 Å². The fraction of sp³-hybridized carbons (Fsp3) is 0.387. The highest BCUT2D eigenvalue weighted by Crippen LogP contribution is 2.31. The summed E-state index contributed by atoms with van der Waals surface area (Å²) in [5, 5.41) is 20.4. The van der Waals surface area contributed by atoms with E-state index in [1.807, 2.05) is 63.2 Å². The second-order valence-electron chi connectivity index (χ2n) is 10.9. The second-order valence-corrected chi connectivity index (χ2v) is 10.9. The van der Waals surface area contributed by atoms with Crippen molar-refractivity contribution >= 4 is 40.1 Å². The summed E-state index contributed by atoms with van der Waals surface area (Å²) in [7, 11) is 1.70. The molecule has 218 valence electrons. The number of rotatable bonds is 7. The van der Waals surface area contributed by atoms with Gasteiger partial charge in [-0.05, 0) is 50.4 Å². The van der Waals surface area contributed by atoms with Crippen molar-refractivity contribution in [1.29, 1.82) is 0 Å². The van der Waals surface area contributed by atoms with Gasteiger partial charge in [-0.3, -0.25) is 4.79 Å². The predicted molar refractivity (Wildman–Crippen MR) is 160 cm³/mol. The minimum absolute atomic E-state index is 0.0106. The number of benzene rings is 3. The van der Waals surface area contributed by atoms with Gasteiger partial charge in [0.25, 0.3) is 5.91 Å². The molecule has 4 N–H and O–H groups in total. The summed E-state index contributed by atoms with van der Waals surface area (Å²) < 4.78 is 6.35. The van der Waals surface area contributed by atoms with Crippen LogP contribution in [-0.4, -0.2) is 77.8 Å². The first-order chi connectivity index (χ1) is 19.6. The van der Waals surface area contributed by atoms with E-state index in [2.05, 4.69) is 16.0 Å². The minimum atomic E-state index is -0.453. The Balaban J connectivity index is 1.59. The first kappa shape index (κ1) is 29.7. The molecule has 3 aromatic carbocycles. The van der Waals surface area contributed by atoms with Gasteiger partial charge in [-0.25, -0.2) is 9.59 Å². The summed E-state index contributed by atoms with van der Waals surface area (Å²) in [5.74, 6) is -0.102. The second kappa shape index (κ2) is 12.9. The highest BCUT2D eigenvalue weighted by atomic mass is 16.5. The van der Waals surface area contributed by atoms with Gasteiger partial charge in [-0.2, -0.15) is 0 Å². The zero-order valence-electron chi connectivity index (χ0n) is 24.2. The van der Waals surface area contributed by atoms with Crippen molar-refractivity contribution in [2.45, 2.75) is 45.9 Å². The van der Waals surface area contributed by atoms with Crippen LogP contribution in [0.25, 0.3) is 10.8 Å². The monoisotopic (exact) mass is 561 g/mol. The van der Waals surface area contributed by atoms with Crippen LogP contribution in [0.2, 0.25) is 0 Å². The highest BCUT2D eigenvalue weighted by Gasteiger charge is 2.34. The van der Waals surface area contributed by atoms with Crippen LogP contribution in [0.15, 0.2) is 60.7 Å². The van der Waals surface area contributed by atoms with Crippen LogP contribution in [0, 0.1) is 5.92 Å². The number of carbonyl (C=O) groups is 3. The molecule has 0 unspecified atom stereocenters. The third-order valence-corrected chi connectivity index (χ3v) is 7.17. The van der Waals surface area contributed by atoms with Crippen LogP contribution in [0.4, 0.5) is 21.0 Å². The van der Waals surface area contributed by atoms with Crippen molar-refractivity contribution in [3.8, 4) is 5.75 Å². The third-order valence-electron chi connectivity index (χ3n) is 7.17. The van der Waals surface area contributed by atoms with Gasteiger partial charge >= 0.3 is 12.1 Å².